The quantitative estimate of drug-likeness (QED) is 0.783. The van der Waals surface area contributed by atoms with Crippen molar-refractivity contribution in [3.8, 4) is 0 Å². The van der Waals surface area contributed by atoms with E-state index in [0.717, 1.165) is 19.3 Å². The number of rotatable bonds is 5. The lowest BCUT2D eigenvalue weighted by atomic mass is 9.79. The van der Waals surface area contributed by atoms with Gasteiger partial charge in [0.1, 0.15) is 0 Å². The molecule has 4 nitrogen and oxygen atoms in total. The molecular weight excluding hydrogens is 288 g/mol. The second-order valence-corrected chi connectivity index (χ2v) is 6.46. The van der Waals surface area contributed by atoms with Crippen LogP contribution in [-0.2, 0) is 4.79 Å². The number of anilines is 1. The zero-order valence-corrected chi connectivity index (χ0v) is 13.1. The lowest BCUT2D eigenvalue weighted by Gasteiger charge is -2.35. The van der Waals surface area contributed by atoms with Gasteiger partial charge in [0.05, 0.1) is 22.9 Å². The highest BCUT2D eigenvalue weighted by Gasteiger charge is 2.32. The van der Waals surface area contributed by atoms with Crippen LogP contribution in [0.1, 0.15) is 32.6 Å². The minimum Gasteiger partial charge on any atom is -0.389 e. The summed E-state index contributed by atoms with van der Waals surface area (Å²) in [6.45, 7) is 2.78. The van der Waals surface area contributed by atoms with Gasteiger partial charge in [-0.25, -0.2) is 0 Å². The number of amides is 1. The highest BCUT2D eigenvalue weighted by molar-refractivity contribution is 6.33. The maximum Gasteiger partial charge on any atom is 0.238 e. The maximum atomic E-state index is 11.9. The third-order valence-corrected chi connectivity index (χ3v) is 4.28. The van der Waals surface area contributed by atoms with Crippen molar-refractivity contribution < 1.29 is 9.90 Å². The number of benzene rings is 1. The molecule has 0 aromatic heterocycles. The van der Waals surface area contributed by atoms with E-state index in [2.05, 4.69) is 17.6 Å². The van der Waals surface area contributed by atoms with Crippen molar-refractivity contribution in [1.82, 2.24) is 5.32 Å². The molecule has 0 spiro atoms. The van der Waals surface area contributed by atoms with Gasteiger partial charge in [-0.15, -0.1) is 0 Å². The number of nitrogens with one attached hydrogen (secondary N) is 2. The molecule has 2 unspecified atom stereocenters. The van der Waals surface area contributed by atoms with Crippen molar-refractivity contribution in [3.05, 3.63) is 29.3 Å². The number of carbonyl (C=O) groups is 1. The molecule has 1 saturated carbocycles. The molecule has 1 aromatic carbocycles. The summed E-state index contributed by atoms with van der Waals surface area (Å²) in [7, 11) is 0. The normalized spacial score (nSPS) is 25.6. The van der Waals surface area contributed by atoms with E-state index in [1.807, 2.05) is 12.1 Å². The Morgan fingerprint density at radius 3 is 2.95 bits per heavy atom. The minimum atomic E-state index is -0.678. The maximum absolute atomic E-state index is 11.9. The summed E-state index contributed by atoms with van der Waals surface area (Å²) >= 11 is 5.99. The van der Waals surface area contributed by atoms with Crippen LogP contribution in [0, 0.1) is 5.92 Å². The molecule has 0 heterocycles. The second-order valence-electron chi connectivity index (χ2n) is 6.06. The molecule has 116 valence electrons. The zero-order valence-electron chi connectivity index (χ0n) is 12.4. The Labute approximate surface area is 130 Å². The first kappa shape index (κ1) is 16.3. The van der Waals surface area contributed by atoms with Gasteiger partial charge >= 0.3 is 0 Å². The molecule has 1 aliphatic carbocycles. The number of aliphatic hydroxyl groups is 1. The van der Waals surface area contributed by atoms with E-state index in [1.165, 1.54) is 6.42 Å². The van der Waals surface area contributed by atoms with Crippen LogP contribution >= 0.6 is 11.6 Å². The molecule has 1 aromatic rings. The summed E-state index contributed by atoms with van der Waals surface area (Å²) in [5, 5.41) is 16.8. The molecule has 0 saturated heterocycles. The fraction of sp³-hybridized carbons (Fsp3) is 0.562. The van der Waals surface area contributed by atoms with E-state index in [-0.39, 0.29) is 12.5 Å². The van der Waals surface area contributed by atoms with Gasteiger partial charge in [0.25, 0.3) is 0 Å². The van der Waals surface area contributed by atoms with Crippen LogP contribution in [0.15, 0.2) is 24.3 Å². The van der Waals surface area contributed by atoms with E-state index in [4.69, 9.17) is 11.6 Å². The average Bonchev–Trinajstić information content (AvgIpc) is 2.41. The van der Waals surface area contributed by atoms with Gasteiger partial charge in [0, 0.05) is 6.54 Å². The Hall–Kier alpha value is -1.10. The van der Waals surface area contributed by atoms with E-state index < -0.39 is 5.60 Å². The topological polar surface area (TPSA) is 61.4 Å². The lowest BCUT2D eigenvalue weighted by molar-refractivity contribution is -0.115. The minimum absolute atomic E-state index is 0.157. The highest BCUT2D eigenvalue weighted by Crippen LogP contribution is 2.31. The second kappa shape index (κ2) is 7.25. The van der Waals surface area contributed by atoms with Gasteiger partial charge < -0.3 is 15.7 Å². The molecule has 21 heavy (non-hydrogen) atoms. The van der Waals surface area contributed by atoms with Crippen molar-refractivity contribution in [1.29, 1.82) is 0 Å². The lowest BCUT2D eigenvalue weighted by Crippen LogP contribution is -2.45. The SMILES string of the molecule is CC1CCCC(O)(CNCC(=O)Nc2ccccc2Cl)C1. The molecule has 0 radical (unpaired) electrons. The zero-order chi connectivity index (χ0) is 15.3. The van der Waals surface area contributed by atoms with Crippen LogP contribution in [-0.4, -0.2) is 29.7 Å². The van der Waals surface area contributed by atoms with E-state index >= 15 is 0 Å². The Morgan fingerprint density at radius 2 is 2.24 bits per heavy atom. The third kappa shape index (κ3) is 4.99. The summed E-state index contributed by atoms with van der Waals surface area (Å²) in [5.74, 6) is 0.387. The monoisotopic (exact) mass is 310 g/mol. The molecular formula is C16H23ClN2O2. The molecule has 0 bridgehead atoms. The molecule has 1 aliphatic rings. The summed E-state index contributed by atoms with van der Waals surface area (Å²) in [6, 6.07) is 7.13. The molecule has 3 N–H and O–H groups in total. The predicted molar refractivity (Wildman–Crippen MR) is 85.5 cm³/mol. The standard InChI is InChI=1S/C16H23ClN2O2/c1-12-5-4-8-16(21,9-12)11-18-10-15(20)19-14-7-3-2-6-13(14)17/h2-3,6-7,12,18,21H,4-5,8-11H2,1H3,(H,19,20). The molecule has 2 rings (SSSR count). The van der Waals surface area contributed by atoms with Gasteiger partial charge in [-0.2, -0.15) is 0 Å². The number of hydrogen-bond donors (Lipinski definition) is 3. The van der Waals surface area contributed by atoms with Gasteiger partial charge in [0.15, 0.2) is 0 Å². The summed E-state index contributed by atoms with van der Waals surface area (Å²) in [5.41, 5.74) is -0.0709. The van der Waals surface area contributed by atoms with Crippen molar-refractivity contribution in [2.45, 2.75) is 38.2 Å². The molecule has 1 fully saturated rings. The predicted octanol–water partition coefficient (Wildman–Crippen LogP) is 2.81. The Morgan fingerprint density at radius 1 is 1.48 bits per heavy atom. The molecule has 0 aliphatic heterocycles. The molecule has 5 heteroatoms. The molecule has 2 atom stereocenters. The van der Waals surface area contributed by atoms with Gasteiger partial charge in [0.2, 0.25) is 5.91 Å². The van der Waals surface area contributed by atoms with Crippen LogP contribution in [0.25, 0.3) is 0 Å². The Balaban J connectivity index is 1.75. The first-order valence-corrected chi connectivity index (χ1v) is 7.84. The van der Waals surface area contributed by atoms with Crippen LogP contribution in [0.4, 0.5) is 5.69 Å². The van der Waals surface area contributed by atoms with Crippen LogP contribution in [0.2, 0.25) is 5.02 Å². The third-order valence-electron chi connectivity index (χ3n) is 3.96. The number of carbonyl (C=O) groups excluding carboxylic acids is 1. The fourth-order valence-corrected chi connectivity index (χ4v) is 3.14. The average molecular weight is 311 g/mol. The summed E-state index contributed by atoms with van der Waals surface area (Å²) in [4.78, 5) is 11.9. The smallest absolute Gasteiger partial charge is 0.238 e. The van der Waals surface area contributed by atoms with Crippen LogP contribution < -0.4 is 10.6 Å². The largest absolute Gasteiger partial charge is 0.389 e. The van der Waals surface area contributed by atoms with Crippen LogP contribution in [0.3, 0.4) is 0 Å². The molecule has 1 amide bonds. The van der Waals surface area contributed by atoms with Crippen molar-refractivity contribution in [2.75, 3.05) is 18.4 Å². The number of para-hydroxylation sites is 1. The van der Waals surface area contributed by atoms with Crippen molar-refractivity contribution in [3.63, 3.8) is 0 Å². The Bertz CT molecular complexity index is 495. The van der Waals surface area contributed by atoms with Gasteiger partial charge in [-0.3, -0.25) is 4.79 Å². The van der Waals surface area contributed by atoms with Gasteiger partial charge in [-0.1, -0.05) is 43.5 Å². The first-order chi connectivity index (χ1) is 9.98. The fourth-order valence-electron chi connectivity index (χ4n) is 2.96. The Kier molecular flexibility index (Phi) is 5.62. The number of halogens is 1. The van der Waals surface area contributed by atoms with Gasteiger partial charge in [-0.05, 0) is 30.9 Å². The van der Waals surface area contributed by atoms with Crippen molar-refractivity contribution in [2.24, 2.45) is 5.92 Å². The first-order valence-electron chi connectivity index (χ1n) is 7.46. The summed E-state index contributed by atoms with van der Waals surface area (Å²) < 4.78 is 0. The van der Waals surface area contributed by atoms with Crippen LogP contribution in [0.5, 0.6) is 0 Å². The van der Waals surface area contributed by atoms with E-state index in [0.29, 0.717) is 23.2 Å². The van der Waals surface area contributed by atoms with E-state index in [1.54, 1.807) is 12.1 Å². The summed E-state index contributed by atoms with van der Waals surface area (Å²) in [6.07, 6.45) is 3.82. The van der Waals surface area contributed by atoms with E-state index in [9.17, 15) is 9.90 Å². The van der Waals surface area contributed by atoms with Crippen molar-refractivity contribution >= 4 is 23.2 Å². The highest BCUT2D eigenvalue weighted by atomic mass is 35.5. The number of hydrogen-bond acceptors (Lipinski definition) is 3.